The molecular weight excluding hydrogens is 246 g/mol. The molecule has 4 heteroatoms. The van der Waals surface area contributed by atoms with Crippen molar-refractivity contribution in [1.29, 1.82) is 0 Å². The summed E-state index contributed by atoms with van der Waals surface area (Å²) in [7, 11) is 2.15. The lowest BCUT2D eigenvalue weighted by Crippen LogP contribution is -2.18. The fourth-order valence-electron chi connectivity index (χ4n) is 1.33. The number of anilines is 1. The van der Waals surface area contributed by atoms with E-state index in [1.54, 1.807) is 11.3 Å². The first-order valence-electron chi connectivity index (χ1n) is 4.63. The van der Waals surface area contributed by atoms with Crippen molar-refractivity contribution in [2.75, 3.05) is 18.5 Å². The maximum absolute atomic E-state index is 2.31. The minimum Gasteiger partial charge on any atom is -0.366 e. The fourth-order valence-corrected chi connectivity index (χ4v) is 2.75. The second-order valence-corrected chi connectivity index (χ2v) is 5.16. The third-order valence-corrected chi connectivity index (χ3v) is 4.07. The molecule has 0 aromatic carbocycles. The van der Waals surface area contributed by atoms with Gasteiger partial charge in [0, 0.05) is 18.5 Å². The van der Waals surface area contributed by atoms with Gasteiger partial charge in [0.05, 0.1) is 5.00 Å². The summed E-state index contributed by atoms with van der Waals surface area (Å²) in [4.78, 5) is 3.78. The topological polar surface area (TPSA) is 3.24 Å². The van der Waals surface area contributed by atoms with Crippen molar-refractivity contribution < 1.29 is 0 Å². The third-order valence-electron chi connectivity index (χ3n) is 2.16. The molecule has 2 heterocycles. The maximum atomic E-state index is 2.31. The van der Waals surface area contributed by atoms with E-state index in [9.17, 15) is 0 Å². The lowest BCUT2D eigenvalue weighted by molar-refractivity contribution is 0.896. The van der Waals surface area contributed by atoms with E-state index < -0.39 is 0 Å². The third kappa shape index (κ3) is 3.52. The minimum absolute atomic E-state index is 0. The first-order valence-corrected chi connectivity index (χ1v) is 6.39. The largest absolute Gasteiger partial charge is 0.366 e. The van der Waals surface area contributed by atoms with Gasteiger partial charge in [0.2, 0.25) is 0 Å². The van der Waals surface area contributed by atoms with Crippen LogP contribution in [0, 0.1) is 0 Å². The molecule has 1 nitrogen and oxygen atoms in total. The van der Waals surface area contributed by atoms with E-state index >= 15 is 0 Å². The quantitative estimate of drug-likeness (QED) is 0.805. The Balaban J connectivity index is 0.00000112. The molecule has 2 rings (SSSR count). The summed E-state index contributed by atoms with van der Waals surface area (Å²) < 4.78 is 0. The van der Waals surface area contributed by atoms with Gasteiger partial charge in [-0.05, 0) is 35.4 Å². The second-order valence-electron chi connectivity index (χ2n) is 3.20. The highest BCUT2D eigenvalue weighted by molar-refractivity contribution is 7.14. The van der Waals surface area contributed by atoms with E-state index in [0.29, 0.717) is 0 Å². The van der Waals surface area contributed by atoms with E-state index in [1.807, 2.05) is 11.3 Å². The lowest BCUT2D eigenvalue weighted by Gasteiger charge is -2.15. The van der Waals surface area contributed by atoms with Gasteiger partial charge < -0.3 is 4.90 Å². The average molecular weight is 260 g/mol. The molecule has 0 spiro atoms. The van der Waals surface area contributed by atoms with Gasteiger partial charge in [0.1, 0.15) is 0 Å². The standard InChI is InChI=1S/C11H13NS2.ClH/c1-12(11-5-3-9-14-11)7-6-10-4-2-8-13-10;/h2-5,8-9H,6-7H2,1H3;1H. The summed E-state index contributed by atoms with van der Waals surface area (Å²) in [6.07, 6.45) is 1.14. The predicted molar refractivity (Wildman–Crippen MR) is 72.9 cm³/mol. The van der Waals surface area contributed by atoms with Crippen LogP contribution in [0.3, 0.4) is 0 Å². The highest BCUT2D eigenvalue weighted by Crippen LogP contribution is 2.20. The molecular formula is C11H14ClNS2. The van der Waals surface area contributed by atoms with Gasteiger partial charge in [0.15, 0.2) is 0 Å². The van der Waals surface area contributed by atoms with E-state index in [4.69, 9.17) is 0 Å². The van der Waals surface area contributed by atoms with Crippen LogP contribution in [0.4, 0.5) is 5.00 Å². The first-order chi connectivity index (χ1) is 6.86. The number of halogens is 1. The molecule has 0 saturated heterocycles. The first kappa shape index (κ1) is 12.6. The normalized spacial score (nSPS) is 9.67. The summed E-state index contributed by atoms with van der Waals surface area (Å²) in [6.45, 7) is 1.10. The Labute approximate surface area is 105 Å². The van der Waals surface area contributed by atoms with E-state index in [2.05, 4.69) is 47.0 Å². The fraction of sp³-hybridized carbons (Fsp3) is 0.273. The number of hydrogen-bond acceptors (Lipinski definition) is 3. The Morgan fingerprint density at radius 1 is 1.13 bits per heavy atom. The van der Waals surface area contributed by atoms with Crippen molar-refractivity contribution >= 4 is 40.1 Å². The van der Waals surface area contributed by atoms with Gasteiger partial charge in [-0.25, -0.2) is 0 Å². The van der Waals surface area contributed by atoms with Crippen molar-refractivity contribution in [3.63, 3.8) is 0 Å². The summed E-state index contributed by atoms with van der Waals surface area (Å²) in [5.74, 6) is 0. The van der Waals surface area contributed by atoms with Crippen LogP contribution in [0.25, 0.3) is 0 Å². The van der Waals surface area contributed by atoms with Gasteiger partial charge >= 0.3 is 0 Å². The molecule has 0 amide bonds. The van der Waals surface area contributed by atoms with Crippen LogP contribution in [-0.2, 0) is 6.42 Å². The van der Waals surface area contributed by atoms with Crippen molar-refractivity contribution in [1.82, 2.24) is 0 Å². The maximum Gasteiger partial charge on any atom is 0.0905 e. The smallest absolute Gasteiger partial charge is 0.0905 e. The molecule has 0 radical (unpaired) electrons. The Kier molecular flexibility index (Phi) is 5.15. The lowest BCUT2D eigenvalue weighted by atomic mass is 10.3. The van der Waals surface area contributed by atoms with Crippen LogP contribution in [0.5, 0.6) is 0 Å². The Bertz CT molecular complexity index is 356. The molecule has 0 aliphatic carbocycles. The molecule has 2 aromatic heterocycles. The van der Waals surface area contributed by atoms with E-state index in [0.717, 1.165) is 13.0 Å². The minimum atomic E-state index is 0. The molecule has 0 fully saturated rings. The summed E-state index contributed by atoms with van der Waals surface area (Å²) >= 11 is 3.64. The van der Waals surface area contributed by atoms with Gasteiger partial charge in [0.25, 0.3) is 0 Å². The number of rotatable bonds is 4. The van der Waals surface area contributed by atoms with Crippen LogP contribution in [0.1, 0.15) is 4.88 Å². The molecule has 2 aromatic rings. The van der Waals surface area contributed by atoms with Gasteiger partial charge in [-0.3, -0.25) is 0 Å². The molecule has 0 aliphatic heterocycles. The number of thiophene rings is 2. The van der Waals surface area contributed by atoms with E-state index in [-0.39, 0.29) is 12.4 Å². The SMILES string of the molecule is CN(CCc1cccs1)c1cccs1.Cl. The molecule has 0 saturated carbocycles. The Hall–Kier alpha value is -0.510. The zero-order chi connectivity index (χ0) is 9.80. The van der Waals surface area contributed by atoms with Crippen LogP contribution in [0.15, 0.2) is 35.0 Å². The van der Waals surface area contributed by atoms with Crippen molar-refractivity contribution in [3.8, 4) is 0 Å². The van der Waals surface area contributed by atoms with Crippen LogP contribution in [0.2, 0.25) is 0 Å². The second kappa shape index (κ2) is 6.16. The number of likely N-dealkylation sites (N-methyl/N-ethyl adjacent to an activating group) is 1. The Morgan fingerprint density at radius 3 is 2.47 bits per heavy atom. The van der Waals surface area contributed by atoms with E-state index in [1.165, 1.54) is 9.88 Å². The predicted octanol–water partition coefficient (Wildman–Crippen LogP) is 3.91. The Morgan fingerprint density at radius 2 is 1.87 bits per heavy atom. The monoisotopic (exact) mass is 259 g/mol. The molecule has 0 bridgehead atoms. The van der Waals surface area contributed by atoms with Gasteiger partial charge in [-0.15, -0.1) is 35.1 Å². The molecule has 0 aliphatic rings. The van der Waals surface area contributed by atoms with Crippen molar-refractivity contribution in [2.24, 2.45) is 0 Å². The zero-order valence-corrected chi connectivity index (χ0v) is 11.0. The van der Waals surface area contributed by atoms with Crippen LogP contribution >= 0.6 is 35.1 Å². The number of hydrogen-bond donors (Lipinski definition) is 0. The molecule has 0 atom stereocenters. The average Bonchev–Trinajstić information content (AvgIpc) is 2.87. The molecule has 15 heavy (non-hydrogen) atoms. The summed E-state index contributed by atoms with van der Waals surface area (Å²) in [5.41, 5.74) is 0. The number of nitrogens with zero attached hydrogens (tertiary/aromatic N) is 1. The molecule has 0 unspecified atom stereocenters. The highest BCUT2D eigenvalue weighted by atomic mass is 35.5. The van der Waals surface area contributed by atoms with Crippen molar-refractivity contribution in [3.05, 3.63) is 39.9 Å². The molecule has 0 N–H and O–H groups in total. The van der Waals surface area contributed by atoms with Crippen LogP contribution in [-0.4, -0.2) is 13.6 Å². The highest BCUT2D eigenvalue weighted by Gasteiger charge is 2.01. The van der Waals surface area contributed by atoms with Gasteiger partial charge in [-0.1, -0.05) is 6.07 Å². The van der Waals surface area contributed by atoms with Crippen molar-refractivity contribution in [2.45, 2.75) is 6.42 Å². The zero-order valence-electron chi connectivity index (χ0n) is 8.55. The summed E-state index contributed by atoms with van der Waals surface area (Å²) in [5, 5.41) is 5.61. The van der Waals surface area contributed by atoms with Gasteiger partial charge in [-0.2, -0.15) is 0 Å². The molecule has 82 valence electrons. The summed E-state index contributed by atoms with van der Waals surface area (Å²) in [6, 6.07) is 8.58. The van der Waals surface area contributed by atoms with Crippen LogP contribution < -0.4 is 4.90 Å².